The molecule has 8 heteroatoms. The maximum absolute atomic E-state index is 12.4. The predicted molar refractivity (Wildman–Crippen MR) is 111 cm³/mol. The maximum atomic E-state index is 12.4. The molecule has 1 aliphatic heterocycles. The molecule has 1 fully saturated rings. The number of amides is 2. The minimum Gasteiger partial charge on any atom is -0.494 e. The van der Waals surface area contributed by atoms with E-state index in [9.17, 15) is 9.59 Å². The molecule has 0 aliphatic carbocycles. The molecule has 0 radical (unpaired) electrons. The van der Waals surface area contributed by atoms with E-state index in [-0.39, 0.29) is 30.2 Å². The van der Waals surface area contributed by atoms with E-state index in [1.54, 1.807) is 29.2 Å². The number of hydrogen-bond donors (Lipinski definition) is 1. The zero-order valence-electron chi connectivity index (χ0n) is 16.6. The first-order valence-electron chi connectivity index (χ1n) is 9.87. The quantitative estimate of drug-likeness (QED) is 0.643. The largest absolute Gasteiger partial charge is 0.494 e. The first-order valence-corrected chi connectivity index (χ1v) is 9.87. The summed E-state index contributed by atoms with van der Waals surface area (Å²) in [6.07, 6.45) is 1.20. The van der Waals surface area contributed by atoms with E-state index in [4.69, 9.17) is 9.15 Å². The molecular formula is C22H22N4O4. The third kappa shape index (κ3) is 4.32. The summed E-state index contributed by atoms with van der Waals surface area (Å²) in [6, 6.07) is 16.3. The van der Waals surface area contributed by atoms with Crippen molar-refractivity contribution in [2.75, 3.05) is 23.4 Å². The number of carbonyl (C=O) groups is 2. The van der Waals surface area contributed by atoms with E-state index in [1.165, 1.54) is 0 Å². The highest BCUT2D eigenvalue weighted by atomic mass is 16.5. The molecule has 3 aromatic rings. The highest BCUT2D eigenvalue weighted by Crippen LogP contribution is 2.31. The number of ether oxygens (including phenoxy) is 1. The fourth-order valence-corrected chi connectivity index (χ4v) is 3.27. The van der Waals surface area contributed by atoms with Crippen LogP contribution in [0.5, 0.6) is 5.75 Å². The summed E-state index contributed by atoms with van der Waals surface area (Å²) < 4.78 is 11.1. The lowest BCUT2D eigenvalue weighted by atomic mass is 10.1. The molecule has 2 heterocycles. The first-order chi connectivity index (χ1) is 14.6. The Bertz CT molecular complexity index is 1020. The summed E-state index contributed by atoms with van der Waals surface area (Å²) in [7, 11) is 0. The number of hydrogen-bond acceptors (Lipinski definition) is 6. The van der Waals surface area contributed by atoms with Gasteiger partial charge in [-0.3, -0.25) is 14.9 Å². The average Bonchev–Trinajstić information content (AvgIpc) is 3.39. The predicted octanol–water partition coefficient (Wildman–Crippen LogP) is 3.63. The van der Waals surface area contributed by atoms with Crippen molar-refractivity contribution in [1.29, 1.82) is 0 Å². The molecule has 30 heavy (non-hydrogen) atoms. The van der Waals surface area contributed by atoms with Crippen LogP contribution in [0, 0.1) is 0 Å². The third-order valence-electron chi connectivity index (χ3n) is 4.79. The van der Waals surface area contributed by atoms with Gasteiger partial charge in [0, 0.05) is 24.2 Å². The Hall–Kier alpha value is -3.68. The zero-order valence-corrected chi connectivity index (χ0v) is 16.6. The van der Waals surface area contributed by atoms with Crippen LogP contribution in [0.3, 0.4) is 0 Å². The number of rotatable bonds is 7. The Kier molecular flexibility index (Phi) is 5.74. The van der Waals surface area contributed by atoms with Crippen molar-refractivity contribution in [2.24, 2.45) is 0 Å². The summed E-state index contributed by atoms with van der Waals surface area (Å²) >= 11 is 0. The number of para-hydroxylation sites is 1. The third-order valence-corrected chi connectivity index (χ3v) is 4.79. The van der Waals surface area contributed by atoms with E-state index in [1.807, 2.05) is 37.3 Å². The van der Waals surface area contributed by atoms with Crippen molar-refractivity contribution in [1.82, 2.24) is 10.2 Å². The van der Waals surface area contributed by atoms with Gasteiger partial charge in [0.15, 0.2) is 0 Å². The molecule has 1 saturated heterocycles. The summed E-state index contributed by atoms with van der Waals surface area (Å²) in [5, 5.41) is 10.5. The highest BCUT2D eigenvalue weighted by molar-refractivity contribution is 6.03. The molecule has 1 aromatic heterocycles. The lowest BCUT2D eigenvalue weighted by Crippen LogP contribution is -2.24. The van der Waals surface area contributed by atoms with Gasteiger partial charge in [-0.05, 0) is 42.8 Å². The lowest BCUT2D eigenvalue weighted by Gasteiger charge is -2.15. The fourth-order valence-electron chi connectivity index (χ4n) is 3.27. The van der Waals surface area contributed by atoms with Gasteiger partial charge in [-0.2, -0.15) is 0 Å². The number of nitrogens with one attached hydrogen (secondary N) is 1. The average molecular weight is 406 g/mol. The van der Waals surface area contributed by atoms with Gasteiger partial charge in [-0.25, -0.2) is 0 Å². The molecule has 0 unspecified atom stereocenters. The fraction of sp³-hybridized carbons (Fsp3) is 0.273. The smallest absolute Gasteiger partial charge is 0.322 e. The molecule has 154 valence electrons. The van der Waals surface area contributed by atoms with Crippen molar-refractivity contribution >= 4 is 23.5 Å². The molecule has 2 amide bonds. The molecule has 4 rings (SSSR count). The Morgan fingerprint density at radius 3 is 2.67 bits per heavy atom. The van der Waals surface area contributed by atoms with Gasteiger partial charge in [-0.15, -0.1) is 5.10 Å². The van der Waals surface area contributed by atoms with E-state index >= 15 is 0 Å². The Labute approximate surface area is 173 Å². The van der Waals surface area contributed by atoms with Crippen molar-refractivity contribution in [2.45, 2.75) is 25.7 Å². The highest BCUT2D eigenvalue weighted by Gasteiger charge is 2.35. The van der Waals surface area contributed by atoms with Crippen LogP contribution in [0.25, 0.3) is 0 Å². The van der Waals surface area contributed by atoms with E-state index in [2.05, 4.69) is 15.5 Å². The second kappa shape index (κ2) is 8.77. The van der Waals surface area contributed by atoms with E-state index in [0.717, 1.165) is 12.1 Å². The van der Waals surface area contributed by atoms with Gasteiger partial charge in [0.1, 0.15) is 5.75 Å². The van der Waals surface area contributed by atoms with Crippen molar-refractivity contribution in [3.8, 4) is 5.75 Å². The minimum atomic E-state index is -0.361. The van der Waals surface area contributed by atoms with E-state index < -0.39 is 0 Å². The number of aromatic nitrogens is 2. The second-order valence-electron chi connectivity index (χ2n) is 7.01. The Morgan fingerprint density at radius 1 is 1.17 bits per heavy atom. The van der Waals surface area contributed by atoms with Crippen LogP contribution in [0.15, 0.2) is 59.0 Å². The molecule has 1 aliphatic rings. The van der Waals surface area contributed by atoms with Crippen LogP contribution < -0.4 is 15.0 Å². The molecular weight excluding hydrogens is 384 g/mol. The van der Waals surface area contributed by atoms with Crippen LogP contribution in [0.4, 0.5) is 11.7 Å². The van der Waals surface area contributed by atoms with Gasteiger partial charge in [-0.1, -0.05) is 30.2 Å². The lowest BCUT2D eigenvalue weighted by molar-refractivity contribution is -0.117. The standard InChI is InChI=1S/C22H22N4O4/c1-2-12-29-18-10-8-15(9-11-18)20(28)23-22-25-24-21(30-22)16-13-19(27)26(14-16)17-6-4-3-5-7-17/h3-11,16H,2,12-14H2,1H3,(H,23,25,28)/t16-/m0/s1. The molecule has 0 saturated carbocycles. The van der Waals surface area contributed by atoms with Crippen molar-refractivity contribution < 1.29 is 18.7 Å². The summed E-state index contributed by atoms with van der Waals surface area (Å²) in [5.74, 6) is 0.467. The van der Waals surface area contributed by atoms with Gasteiger partial charge in [0.05, 0.1) is 12.5 Å². The van der Waals surface area contributed by atoms with Gasteiger partial charge in [0.25, 0.3) is 5.91 Å². The zero-order chi connectivity index (χ0) is 20.9. The number of anilines is 2. The first kappa shape index (κ1) is 19.6. The summed E-state index contributed by atoms with van der Waals surface area (Å²) in [6.45, 7) is 3.11. The van der Waals surface area contributed by atoms with Crippen LogP contribution in [0.2, 0.25) is 0 Å². The van der Waals surface area contributed by atoms with Crippen molar-refractivity contribution in [3.63, 3.8) is 0 Å². The maximum Gasteiger partial charge on any atom is 0.322 e. The number of carbonyl (C=O) groups excluding carboxylic acids is 2. The summed E-state index contributed by atoms with van der Waals surface area (Å²) in [5.41, 5.74) is 1.29. The van der Waals surface area contributed by atoms with Gasteiger partial charge < -0.3 is 14.1 Å². The van der Waals surface area contributed by atoms with Crippen LogP contribution in [-0.4, -0.2) is 35.2 Å². The monoisotopic (exact) mass is 406 g/mol. The Balaban J connectivity index is 1.38. The van der Waals surface area contributed by atoms with Gasteiger partial charge in [0.2, 0.25) is 11.8 Å². The molecule has 1 atom stereocenters. The topological polar surface area (TPSA) is 97.6 Å². The van der Waals surface area contributed by atoms with Gasteiger partial charge >= 0.3 is 6.01 Å². The molecule has 0 bridgehead atoms. The van der Waals surface area contributed by atoms with E-state index in [0.29, 0.717) is 30.4 Å². The Morgan fingerprint density at radius 2 is 1.93 bits per heavy atom. The van der Waals surface area contributed by atoms with Crippen LogP contribution in [0.1, 0.15) is 41.9 Å². The molecule has 0 spiro atoms. The summed E-state index contributed by atoms with van der Waals surface area (Å²) in [4.78, 5) is 26.5. The molecule has 1 N–H and O–H groups in total. The second-order valence-corrected chi connectivity index (χ2v) is 7.01. The van der Waals surface area contributed by atoms with Crippen LogP contribution >= 0.6 is 0 Å². The number of benzene rings is 2. The normalized spacial score (nSPS) is 16.0. The molecule has 8 nitrogen and oxygen atoms in total. The van der Waals surface area contributed by atoms with Crippen LogP contribution in [-0.2, 0) is 4.79 Å². The molecule has 2 aromatic carbocycles. The SMILES string of the molecule is CCCOc1ccc(C(=O)Nc2nnc([C@H]3CC(=O)N(c4ccccc4)C3)o2)cc1. The number of nitrogens with zero attached hydrogens (tertiary/aromatic N) is 3. The van der Waals surface area contributed by atoms with Crippen molar-refractivity contribution in [3.05, 3.63) is 66.1 Å². The minimum absolute atomic E-state index is 0.000340.